The Kier molecular flexibility index (Phi) is 9.62. The van der Waals surface area contributed by atoms with Crippen LogP contribution in [0.3, 0.4) is 0 Å². The van der Waals surface area contributed by atoms with Crippen LogP contribution in [-0.4, -0.2) is 39.9 Å². The van der Waals surface area contributed by atoms with E-state index in [0.717, 1.165) is 41.4 Å². The highest BCUT2D eigenvalue weighted by atomic mass is 32.2. The topological polar surface area (TPSA) is 105 Å². The fourth-order valence-electron chi connectivity index (χ4n) is 3.51. The van der Waals surface area contributed by atoms with Gasteiger partial charge in [0, 0.05) is 6.54 Å². The summed E-state index contributed by atoms with van der Waals surface area (Å²) in [5, 5.41) is 5.46. The molecular weight excluding hydrogens is 497 g/mol. The molecular formula is C27H30FN3O5S. The predicted octanol–water partition coefficient (Wildman–Crippen LogP) is 4.59. The van der Waals surface area contributed by atoms with Crippen molar-refractivity contribution in [1.82, 2.24) is 5.32 Å². The number of halogens is 1. The number of sulfonamides is 1. The zero-order valence-electron chi connectivity index (χ0n) is 20.7. The van der Waals surface area contributed by atoms with Gasteiger partial charge in [0.1, 0.15) is 18.1 Å². The van der Waals surface area contributed by atoms with Gasteiger partial charge in [-0.15, -0.1) is 0 Å². The summed E-state index contributed by atoms with van der Waals surface area (Å²) in [6, 6.07) is 17.1. The number of hydrogen-bond donors (Lipinski definition) is 2. The molecule has 0 fully saturated rings. The lowest BCUT2D eigenvalue weighted by Gasteiger charge is -2.24. The van der Waals surface area contributed by atoms with Crippen molar-refractivity contribution in [3.8, 4) is 5.75 Å². The van der Waals surface area contributed by atoms with Crippen molar-refractivity contribution in [2.24, 2.45) is 0 Å². The molecule has 0 aliphatic rings. The smallest absolute Gasteiger partial charge is 0.264 e. The van der Waals surface area contributed by atoms with Crippen LogP contribution < -0.4 is 19.7 Å². The van der Waals surface area contributed by atoms with Crippen molar-refractivity contribution < 1.29 is 27.1 Å². The zero-order chi connectivity index (χ0) is 26.8. The first kappa shape index (κ1) is 27.7. The molecule has 3 aromatic rings. The second-order valence-electron chi connectivity index (χ2n) is 8.10. The lowest BCUT2D eigenvalue weighted by molar-refractivity contribution is -0.114. The van der Waals surface area contributed by atoms with Gasteiger partial charge in [0.05, 0.1) is 28.4 Å². The molecule has 0 unspecified atom stereocenters. The number of ether oxygens (including phenoxy) is 1. The number of hydrogen-bond acceptors (Lipinski definition) is 5. The minimum Gasteiger partial charge on any atom is -0.494 e. The molecule has 10 heteroatoms. The van der Waals surface area contributed by atoms with Gasteiger partial charge in [-0.2, -0.15) is 0 Å². The number of rotatable bonds is 12. The Morgan fingerprint density at radius 1 is 0.946 bits per heavy atom. The molecule has 196 valence electrons. The molecule has 0 radical (unpaired) electrons. The number of unbranched alkanes of at least 4 members (excludes halogenated alkanes) is 1. The van der Waals surface area contributed by atoms with Gasteiger partial charge in [0.2, 0.25) is 5.91 Å². The van der Waals surface area contributed by atoms with Gasteiger partial charge >= 0.3 is 0 Å². The Hall–Kier alpha value is -3.92. The molecule has 2 amide bonds. The van der Waals surface area contributed by atoms with E-state index in [1.165, 1.54) is 12.1 Å². The second kappa shape index (κ2) is 12.9. The van der Waals surface area contributed by atoms with E-state index < -0.39 is 28.3 Å². The lowest BCUT2D eigenvalue weighted by atomic mass is 10.1. The fourth-order valence-corrected chi connectivity index (χ4v) is 4.93. The van der Waals surface area contributed by atoms with Gasteiger partial charge in [-0.1, -0.05) is 25.5 Å². The summed E-state index contributed by atoms with van der Waals surface area (Å²) >= 11 is 0. The summed E-state index contributed by atoms with van der Waals surface area (Å²) in [6.45, 7) is 4.19. The Balaban J connectivity index is 1.89. The van der Waals surface area contributed by atoms with Crippen LogP contribution >= 0.6 is 0 Å². The molecule has 8 nitrogen and oxygen atoms in total. The molecule has 0 saturated carbocycles. The van der Waals surface area contributed by atoms with Crippen molar-refractivity contribution in [1.29, 1.82) is 0 Å². The SMILES string of the molecule is CCCCNC(=O)c1ccccc1NC(=O)CN(c1ccc(OCC)cc1)S(=O)(=O)c1ccc(F)cc1. The summed E-state index contributed by atoms with van der Waals surface area (Å²) in [5.74, 6) is -1.05. The van der Waals surface area contributed by atoms with Crippen LogP contribution in [-0.2, 0) is 14.8 Å². The van der Waals surface area contributed by atoms with Gasteiger partial charge in [0.15, 0.2) is 0 Å². The summed E-state index contributed by atoms with van der Waals surface area (Å²) in [5.41, 5.74) is 0.738. The van der Waals surface area contributed by atoms with Gasteiger partial charge in [-0.05, 0) is 74.0 Å². The molecule has 0 saturated heterocycles. The Labute approximate surface area is 216 Å². The van der Waals surface area contributed by atoms with Crippen LogP contribution in [0.15, 0.2) is 77.7 Å². The third-order valence-corrected chi connectivity index (χ3v) is 7.17. The molecule has 3 aromatic carbocycles. The standard InChI is InChI=1S/C27H30FN3O5S/c1-3-5-18-29-27(33)24-8-6-7-9-25(24)30-26(32)19-31(21-12-14-22(15-13-21)36-4-2)37(34,35)23-16-10-20(28)11-17-23/h6-17H,3-5,18-19H2,1-2H3,(H,29,33)(H,30,32). The number of anilines is 2. The van der Waals surface area contributed by atoms with Gasteiger partial charge in [-0.3, -0.25) is 13.9 Å². The van der Waals surface area contributed by atoms with Gasteiger partial charge in [0.25, 0.3) is 15.9 Å². The maximum atomic E-state index is 13.5. The van der Waals surface area contributed by atoms with E-state index in [-0.39, 0.29) is 27.7 Å². The van der Waals surface area contributed by atoms with E-state index in [2.05, 4.69) is 10.6 Å². The highest BCUT2D eigenvalue weighted by molar-refractivity contribution is 7.92. The minimum atomic E-state index is -4.24. The van der Waals surface area contributed by atoms with E-state index in [1.54, 1.807) is 36.4 Å². The number of nitrogens with one attached hydrogen (secondary N) is 2. The third kappa shape index (κ3) is 7.29. The first-order chi connectivity index (χ1) is 17.8. The maximum Gasteiger partial charge on any atom is 0.264 e. The van der Waals surface area contributed by atoms with E-state index in [0.29, 0.717) is 18.9 Å². The molecule has 0 aliphatic heterocycles. The van der Waals surface area contributed by atoms with Crippen LogP contribution in [0.25, 0.3) is 0 Å². The van der Waals surface area contributed by atoms with E-state index in [9.17, 15) is 22.4 Å². The van der Waals surface area contributed by atoms with Crippen LogP contribution in [0, 0.1) is 5.82 Å². The fraction of sp³-hybridized carbons (Fsp3) is 0.259. The normalized spacial score (nSPS) is 11.0. The summed E-state index contributed by atoms with van der Waals surface area (Å²) in [7, 11) is -4.24. The molecule has 2 N–H and O–H groups in total. The molecule has 0 atom stereocenters. The quantitative estimate of drug-likeness (QED) is 0.335. The predicted molar refractivity (Wildman–Crippen MR) is 141 cm³/mol. The maximum absolute atomic E-state index is 13.5. The zero-order valence-corrected chi connectivity index (χ0v) is 21.6. The largest absolute Gasteiger partial charge is 0.494 e. The van der Waals surface area contributed by atoms with Gasteiger partial charge in [-0.25, -0.2) is 12.8 Å². The molecule has 0 bridgehead atoms. The average Bonchev–Trinajstić information content (AvgIpc) is 2.88. The number of para-hydroxylation sites is 1. The van der Waals surface area contributed by atoms with Gasteiger partial charge < -0.3 is 15.4 Å². The Bertz CT molecular complexity index is 1310. The first-order valence-corrected chi connectivity index (χ1v) is 13.4. The van der Waals surface area contributed by atoms with Crippen molar-refractivity contribution in [3.05, 3.63) is 84.2 Å². The van der Waals surface area contributed by atoms with Crippen molar-refractivity contribution >= 4 is 33.2 Å². The number of carbonyl (C=O) groups excluding carboxylic acids is 2. The van der Waals surface area contributed by atoms with Crippen molar-refractivity contribution in [2.45, 2.75) is 31.6 Å². The summed E-state index contributed by atoms with van der Waals surface area (Å²) < 4.78 is 46.8. The molecule has 0 heterocycles. The summed E-state index contributed by atoms with van der Waals surface area (Å²) in [4.78, 5) is 25.5. The lowest BCUT2D eigenvalue weighted by Crippen LogP contribution is -2.38. The Morgan fingerprint density at radius 2 is 1.62 bits per heavy atom. The monoisotopic (exact) mass is 527 g/mol. The van der Waals surface area contributed by atoms with Crippen molar-refractivity contribution in [3.63, 3.8) is 0 Å². The highest BCUT2D eigenvalue weighted by Crippen LogP contribution is 2.26. The Morgan fingerprint density at radius 3 is 2.27 bits per heavy atom. The highest BCUT2D eigenvalue weighted by Gasteiger charge is 2.28. The van der Waals surface area contributed by atoms with Crippen LogP contribution in [0.5, 0.6) is 5.75 Å². The second-order valence-corrected chi connectivity index (χ2v) is 9.96. The van der Waals surface area contributed by atoms with Crippen LogP contribution in [0.4, 0.5) is 15.8 Å². The van der Waals surface area contributed by atoms with E-state index in [4.69, 9.17) is 4.74 Å². The van der Waals surface area contributed by atoms with E-state index >= 15 is 0 Å². The minimum absolute atomic E-state index is 0.175. The van der Waals surface area contributed by atoms with E-state index in [1.807, 2.05) is 13.8 Å². The van der Waals surface area contributed by atoms with Crippen LogP contribution in [0.1, 0.15) is 37.0 Å². The number of carbonyl (C=O) groups is 2. The summed E-state index contributed by atoms with van der Waals surface area (Å²) in [6.07, 6.45) is 1.74. The van der Waals surface area contributed by atoms with Crippen LogP contribution in [0.2, 0.25) is 0 Å². The molecule has 0 aromatic heterocycles. The van der Waals surface area contributed by atoms with Crippen molar-refractivity contribution in [2.75, 3.05) is 29.3 Å². The molecule has 3 rings (SSSR count). The third-order valence-electron chi connectivity index (χ3n) is 5.39. The molecule has 0 aliphatic carbocycles. The average molecular weight is 528 g/mol. The number of nitrogens with zero attached hydrogens (tertiary/aromatic N) is 1. The number of benzene rings is 3. The molecule has 0 spiro atoms. The number of amides is 2. The first-order valence-electron chi connectivity index (χ1n) is 11.9. The molecule has 37 heavy (non-hydrogen) atoms.